The molecular formula is C21H17N. The Kier molecular flexibility index (Phi) is 4.58. The van der Waals surface area contributed by atoms with Crippen molar-refractivity contribution < 1.29 is 0 Å². The summed E-state index contributed by atoms with van der Waals surface area (Å²) in [4.78, 5) is 4.44. The molecule has 3 rings (SSSR count). The fraction of sp³-hybridized carbons (Fsp3) is 0. The maximum Gasteiger partial charge on any atom is 0.0630 e. The maximum atomic E-state index is 4.44. The van der Waals surface area contributed by atoms with Gasteiger partial charge in [0.15, 0.2) is 0 Å². The van der Waals surface area contributed by atoms with E-state index in [9.17, 15) is 0 Å². The van der Waals surface area contributed by atoms with E-state index >= 15 is 0 Å². The van der Waals surface area contributed by atoms with Crippen molar-refractivity contribution in [3.05, 3.63) is 96.6 Å². The number of benzene rings is 3. The third kappa shape index (κ3) is 3.80. The van der Waals surface area contributed by atoms with Crippen molar-refractivity contribution in [2.24, 2.45) is 4.99 Å². The van der Waals surface area contributed by atoms with Gasteiger partial charge in [-0.3, -0.25) is 4.99 Å². The van der Waals surface area contributed by atoms with Gasteiger partial charge in [0.2, 0.25) is 0 Å². The molecule has 0 amide bonds. The van der Waals surface area contributed by atoms with E-state index in [4.69, 9.17) is 0 Å². The molecule has 0 aliphatic heterocycles. The topological polar surface area (TPSA) is 12.4 Å². The van der Waals surface area contributed by atoms with Gasteiger partial charge in [-0.1, -0.05) is 78.9 Å². The zero-order valence-electron chi connectivity index (χ0n) is 12.3. The van der Waals surface area contributed by atoms with Crippen LogP contribution in [-0.4, -0.2) is 6.21 Å². The predicted octanol–water partition coefficient (Wildman–Crippen LogP) is 5.77. The minimum Gasteiger partial charge on any atom is -0.257 e. The van der Waals surface area contributed by atoms with Crippen molar-refractivity contribution in [3.63, 3.8) is 0 Å². The Morgan fingerprint density at radius 3 is 1.86 bits per heavy atom. The van der Waals surface area contributed by atoms with Crippen LogP contribution in [0.15, 0.2) is 96.0 Å². The molecule has 0 aliphatic carbocycles. The van der Waals surface area contributed by atoms with Crippen molar-refractivity contribution >= 4 is 18.0 Å². The fourth-order valence-corrected chi connectivity index (χ4v) is 2.22. The average molecular weight is 283 g/mol. The van der Waals surface area contributed by atoms with Crippen molar-refractivity contribution in [3.8, 4) is 11.1 Å². The van der Waals surface area contributed by atoms with E-state index in [1.165, 1.54) is 16.7 Å². The lowest BCUT2D eigenvalue weighted by Crippen LogP contribution is -1.76. The molecule has 22 heavy (non-hydrogen) atoms. The number of hydrogen-bond acceptors (Lipinski definition) is 1. The average Bonchev–Trinajstić information content (AvgIpc) is 2.61. The Balaban J connectivity index is 1.66. The lowest BCUT2D eigenvalue weighted by atomic mass is 10.1. The predicted molar refractivity (Wildman–Crippen MR) is 95.5 cm³/mol. The second-order valence-corrected chi connectivity index (χ2v) is 4.96. The molecule has 0 aliphatic rings. The summed E-state index contributed by atoms with van der Waals surface area (Å²) in [5.74, 6) is 0. The summed E-state index contributed by atoms with van der Waals surface area (Å²) in [6.07, 6.45) is 5.83. The maximum absolute atomic E-state index is 4.44. The third-order valence-electron chi connectivity index (χ3n) is 3.37. The van der Waals surface area contributed by atoms with Crippen LogP contribution in [0.1, 0.15) is 5.56 Å². The summed E-state index contributed by atoms with van der Waals surface area (Å²) in [5, 5.41) is 0. The van der Waals surface area contributed by atoms with Crippen molar-refractivity contribution in [2.75, 3.05) is 0 Å². The second kappa shape index (κ2) is 7.19. The van der Waals surface area contributed by atoms with E-state index < -0.39 is 0 Å². The van der Waals surface area contributed by atoms with Crippen molar-refractivity contribution in [1.82, 2.24) is 0 Å². The molecular weight excluding hydrogens is 266 g/mol. The minimum atomic E-state index is 0.956. The van der Waals surface area contributed by atoms with Gasteiger partial charge >= 0.3 is 0 Å². The van der Waals surface area contributed by atoms with Crippen LogP contribution in [0.2, 0.25) is 0 Å². The first kappa shape index (κ1) is 14.0. The monoisotopic (exact) mass is 283 g/mol. The molecule has 0 spiro atoms. The molecule has 0 radical (unpaired) electrons. The first-order valence-corrected chi connectivity index (χ1v) is 7.33. The highest BCUT2D eigenvalue weighted by molar-refractivity contribution is 5.80. The Labute approximate surface area is 131 Å². The normalized spacial score (nSPS) is 11.3. The molecule has 0 bridgehead atoms. The Morgan fingerprint density at radius 1 is 0.591 bits per heavy atom. The molecule has 0 unspecified atom stereocenters. The van der Waals surface area contributed by atoms with E-state index in [0.29, 0.717) is 0 Å². The standard InChI is InChI=1S/C21H17N/c1-3-8-18(9-4-1)10-7-17-22-21-15-13-20(14-16-21)19-11-5-2-6-12-19/h1-17H/b10-7+,22-17?. The third-order valence-corrected chi connectivity index (χ3v) is 3.37. The van der Waals surface area contributed by atoms with Crippen LogP contribution < -0.4 is 0 Å². The summed E-state index contributed by atoms with van der Waals surface area (Å²) in [6, 6.07) is 28.8. The number of nitrogens with zero attached hydrogens (tertiary/aromatic N) is 1. The largest absolute Gasteiger partial charge is 0.257 e. The van der Waals surface area contributed by atoms with Crippen LogP contribution in [0.4, 0.5) is 5.69 Å². The highest BCUT2D eigenvalue weighted by Crippen LogP contribution is 2.22. The van der Waals surface area contributed by atoms with Gasteiger partial charge in [-0.2, -0.15) is 0 Å². The highest BCUT2D eigenvalue weighted by atomic mass is 14.7. The molecule has 106 valence electrons. The molecule has 3 aromatic rings. The summed E-state index contributed by atoms with van der Waals surface area (Å²) < 4.78 is 0. The fourth-order valence-electron chi connectivity index (χ4n) is 2.22. The van der Waals surface area contributed by atoms with E-state index in [2.05, 4.69) is 53.5 Å². The molecule has 1 nitrogen and oxygen atoms in total. The van der Waals surface area contributed by atoms with Gasteiger partial charge in [-0.15, -0.1) is 0 Å². The minimum absolute atomic E-state index is 0.956. The van der Waals surface area contributed by atoms with E-state index in [1.54, 1.807) is 0 Å². The summed E-state index contributed by atoms with van der Waals surface area (Å²) in [6.45, 7) is 0. The number of allylic oxidation sites excluding steroid dienone is 1. The van der Waals surface area contributed by atoms with Crippen molar-refractivity contribution in [2.45, 2.75) is 0 Å². The Morgan fingerprint density at radius 2 is 1.18 bits per heavy atom. The molecule has 0 saturated heterocycles. The van der Waals surface area contributed by atoms with Crippen molar-refractivity contribution in [1.29, 1.82) is 0 Å². The van der Waals surface area contributed by atoms with Crippen LogP contribution in [0, 0.1) is 0 Å². The van der Waals surface area contributed by atoms with Crippen LogP contribution in [0.25, 0.3) is 17.2 Å². The van der Waals surface area contributed by atoms with Crippen LogP contribution in [0.3, 0.4) is 0 Å². The summed E-state index contributed by atoms with van der Waals surface area (Å²) >= 11 is 0. The molecule has 0 fully saturated rings. The first-order valence-electron chi connectivity index (χ1n) is 7.33. The molecule has 0 atom stereocenters. The molecule has 0 saturated carbocycles. The van der Waals surface area contributed by atoms with Gasteiger partial charge in [-0.05, 0) is 34.9 Å². The SMILES string of the molecule is C(/C=C/c1ccccc1)=Nc1ccc(-c2ccccc2)cc1. The smallest absolute Gasteiger partial charge is 0.0630 e. The first-order chi connectivity index (χ1) is 10.9. The number of rotatable bonds is 4. The van der Waals surface area contributed by atoms with E-state index in [-0.39, 0.29) is 0 Å². The Hall–Kier alpha value is -2.93. The molecule has 1 heteroatoms. The lowest BCUT2D eigenvalue weighted by Gasteiger charge is -2.01. The van der Waals surface area contributed by atoms with Crippen LogP contribution in [0.5, 0.6) is 0 Å². The number of hydrogen-bond donors (Lipinski definition) is 0. The second-order valence-electron chi connectivity index (χ2n) is 4.96. The Bertz CT molecular complexity index is 754. The van der Waals surface area contributed by atoms with Crippen LogP contribution >= 0.6 is 0 Å². The van der Waals surface area contributed by atoms with Gasteiger partial charge in [-0.25, -0.2) is 0 Å². The van der Waals surface area contributed by atoms with Crippen LogP contribution in [-0.2, 0) is 0 Å². The summed E-state index contributed by atoms with van der Waals surface area (Å²) in [7, 11) is 0. The van der Waals surface area contributed by atoms with Gasteiger partial charge in [0, 0.05) is 6.21 Å². The highest BCUT2D eigenvalue weighted by Gasteiger charge is 1.95. The number of aliphatic imine (C=N–C) groups is 1. The molecule has 0 aromatic heterocycles. The molecule has 0 N–H and O–H groups in total. The lowest BCUT2D eigenvalue weighted by molar-refractivity contribution is 1.53. The quantitative estimate of drug-likeness (QED) is 0.539. The zero-order valence-corrected chi connectivity index (χ0v) is 12.3. The van der Waals surface area contributed by atoms with Gasteiger partial charge in [0.1, 0.15) is 0 Å². The molecule has 0 heterocycles. The molecule has 3 aromatic carbocycles. The van der Waals surface area contributed by atoms with Gasteiger partial charge in [0.25, 0.3) is 0 Å². The van der Waals surface area contributed by atoms with E-state index in [0.717, 1.165) is 5.69 Å². The van der Waals surface area contributed by atoms with Gasteiger partial charge in [0.05, 0.1) is 5.69 Å². The zero-order chi connectivity index (χ0) is 15.0. The van der Waals surface area contributed by atoms with E-state index in [1.807, 2.05) is 54.8 Å². The van der Waals surface area contributed by atoms with Gasteiger partial charge < -0.3 is 0 Å². The summed E-state index contributed by atoms with van der Waals surface area (Å²) in [5.41, 5.74) is 4.56.